The summed E-state index contributed by atoms with van der Waals surface area (Å²) < 4.78 is 5.58. The van der Waals surface area contributed by atoms with E-state index in [9.17, 15) is 4.79 Å². The highest BCUT2D eigenvalue weighted by molar-refractivity contribution is 5.81. The third-order valence-electron chi connectivity index (χ3n) is 4.48. The zero-order chi connectivity index (χ0) is 14.1. The number of nitrogens with zero attached hydrogens (tertiary/aromatic N) is 1. The van der Waals surface area contributed by atoms with Crippen molar-refractivity contribution in [3.63, 3.8) is 0 Å². The highest BCUT2D eigenvalue weighted by Gasteiger charge is 2.36. The quantitative estimate of drug-likeness (QED) is 0.918. The van der Waals surface area contributed by atoms with Gasteiger partial charge in [0.05, 0.1) is 6.54 Å². The van der Waals surface area contributed by atoms with E-state index in [2.05, 4.69) is 17.1 Å². The first-order chi connectivity index (χ1) is 9.63. The molecule has 3 rings (SSSR count). The number of rotatable bonds is 4. The molecule has 1 aliphatic heterocycles. The fraction of sp³-hybridized carbons (Fsp3) is 0.688. The molecule has 110 valence electrons. The van der Waals surface area contributed by atoms with Crippen LogP contribution < -0.4 is 5.32 Å². The summed E-state index contributed by atoms with van der Waals surface area (Å²) in [6, 6.07) is 4.50. The van der Waals surface area contributed by atoms with Gasteiger partial charge in [-0.05, 0) is 44.2 Å². The van der Waals surface area contributed by atoms with Crippen molar-refractivity contribution >= 4 is 5.91 Å². The fourth-order valence-corrected chi connectivity index (χ4v) is 3.05. The Morgan fingerprint density at radius 2 is 2.20 bits per heavy atom. The van der Waals surface area contributed by atoms with Crippen molar-refractivity contribution in [3.8, 4) is 0 Å². The van der Waals surface area contributed by atoms with E-state index in [1.54, 1.807) is 0 Å². The maximum atomic E-state index is 12.1. The number of likely N-dealkylation sites (tertiary alicyclic amines) is 1. The first kappa shape index (κ1) is 13.7. The number of hydrogen-bond donors (Lipinski definition) is 1. The van der Waals surface area contributed by atoms with E-state index in [1.807, 2.05) is 19.1 Å². The van der Waals surface area contributed by atoms with Gasteiger partial charge in [0, 0.05) is 25.0 Å². The highest BCUT2D eigenvalue weighted by atomic mass is 16.3. The number of piperidine rings is 1. The van der Waals surface area contributed by atoms with Gasteiger partial charge in [0.2, 0.25) is 5.91 Å². The van der Waals surface area contributed by atoms with Crippen molar-refractivity contribution in [2.24, 2.45) is 11.8 Å². The maximum Gasteiger partial charge on any atom is 0.225 e. The van der Waals surface area contributed by atoms with Gasteiger partial charge in [-0.25, -0.2) is 0 Å². The number of furan rings is 1. The minimum atomic E-state index is 0.345. The SMILES string of the molecule is Cc1ccc(CN[C@H]2CCN(C(=O)C3CC3)C[C@@H]2C)o1. The van der Waals surface area contributed by atoms with Crippen LogP contribution in [0.5, 0.6) is 0 Å². The second-order valence-corrected chi connectivity index (χ2v) is 6.32. The largest absolute Gasteiger partial charge is 0.465 e. The molecule has 2 atom stereocenters. The number of carbonyl (C=O) groups is 1. The Balaban J connectivity index is 1.48. The van der Waals surface area contributed by atoms with Crippen molar-refractivity contribution in [1.82, 2.24) is 10.2 Å². The summed E-state index contributed by atoms with van der Waals surface area (Å²) >= 11 is 0. The van der Waals surface area contributed by atoms with Crippen molar-refractivity contribution in [3.05, 3.63) is 23.7 Å². The van der Waals surface area contributed by atoms with E-state index in [0.717, 1.165) is 50.4 Å². The molecular formula is C16H24N2O2. The molecule has 1 saturated heterocycles. The Labute approximate surface area is 120 Å². The monoisotopic (exact) mass is 276 g/mol. The lowest BCUT2D eigenvalue weighted by Crippen LogP contribution is -2.50. The minimum Gasteiger partial charge on any atom is -0.465 e. The van der Waals surface area contributed by atoms with Crippen LogP contribution in [0.4, 0.5) is 0 Å². The molecule has 0 radical (unpaired) electrons. The lowest BCUT2D eigenvalue weighted by atomic mass is 9.93. The summed E-state index contributed by atoms with van der Waals surface area (Å²) in [6.45, 7) is 6.77. The molecule has 0 unspecified atom stereocenters. The van der Waals surface area contributed by atoms with Crippen LogP contribution >= 0.6 is 0 Å². The van der Waals surface area contributed by atoms with Crippen LogP contribution in [0.3, 0.4) is 0 Å². The molecule has 1 aliphatic carbocycles. The van der Waals surface area contributed by atoms with Gasteiger partial charge in [0.15, 0.2) is 0 Å². The predicted molar refractivity (Wildman–Crippen MR) is 77.2 cm³/mol. The zero-order valence-electron chi connectivity index (χ0n) is 12.4. The molecular weight excluding hydrogens is 252 g/mol. The highest BCUT2D eigenvalue weighted by Crippen LogP contribution is 2.32. The molecule has 0 bridgehead atoms. The number of hydrogen-bond acceptors (Lipinski definition) is 3. The molecule has 1 amide bonds. The molecule has 4 nitrogen and oxygen atoms in total. The lowest BCUT2D eigenvalue weighted by Gasteiger charge is -2.37. The molecule has 2 heterocycles. The topological polar surface area (TPSA) is 45.5 Å². The van der Waals surface area contributed by atoms with E-state index in [0.29, 0.717) is 23.8 Å². The molecule has 0 aromatic carbocycles. The normalized spacial score (nSPS) is 26.8. The van der Waals surface area contributed by atoms with E-state index in [1.165, 1.54) is 0 Å². The molecule has 1 saturated carbocycles. The summed E-state index contributed by atoms with van der Waals surface area (Å²) in [5.74, 6) is 3.18. The Hall–Kier alpha value is -1.29. The molecule has 2 fully saturated rings. The predicted octanol–water partition coefficient (Wildman–Crippen LogP) is 2.32. The van der Waals surface area contributed by atoms with Gasteiger partial charge < -0.3 is 14.6 Å². The number of carbonyl (C=O) groups excluding carboxylic acids is 1. The van der Waals surface area contributed by atoms with Crippen LogP contribution in [0.25, 0.3) is 0 Å². The second kappa shape index (κ2) is 5.60. The molecule has 1 aromatic rings. The van der Waals surface area contributed by atoms with Crippen LogP contribution in [-0.4, -0.2) is 29.9 Å². The Kier molecular flexibility index (Phi) is 3.83. The Morgan fingerprint density at radius 3 is 2.80 bits per heavy atom. The van der Waals surface area contributed by atoms with E-state index < -0.39 is 0 Å². The van der Waals surface area contributed by atoms with Crippen LogP contribution in [0, 0.1) is 18.8 Å². The van der Waals surface area contributed by atoms with Gasteiger partial charge in [-0.2, -0.15) is 0 Å². The summed E-state index contributed by atoms with van der Waals surface area (Å²) in [5, 5.41) is 3.57. The van der Waals surface area contributed by atoms with Gasteiger partial charge in [-0.1, -0.05) is 6.92 Å². The smallest absolute Gasteiger partial charge is 0.225 e. The number of nitrogens with one attached hydrogen (secondary N) is 1. The number of amides is 1. The van der Waals surface area contributed by atoms with Gasteiger partial charge in [-0.3, -0.25) is 4.79 Å². The average molecular weight is 276 g/mol. The van der Waals surface area contributed by atoms with Crippen LogP contribution in [-0.2, 0) is 11.3 Å². The van der Waals surface area contributed by atoms with E-state index >= 15 is 0 Å². The first-order valence-corrected chi connectivity index (χ1v) is 7.71. The molecule has 2 aliphatic rings. The summed E-state index contributed by atoms with van der Waals surface area (Å²) in [5.41, 5.74) is 0. The summed E-state index contributed by atoms with van der Waals surface area (Å²) in [7, 11) is 0. The third kappa shape index (κ3) is 3.06. The molecule has 4 heteroatoms. The first-order valence-electron chi connectivity index (χ1n) is 7.71. The van der Waals surface area contributed by atoms with Crippen molar-refractivity contribution < 1.29 is 9.21 Å². The Morgan fingerprint density at radius 1 is 1.40 bits per heavy atom. The van der Waals surface area contributed by atoms with Crippen molar-refractivity contribution in [2.75, 3.05) is 13.1 Å². The summed E-state index contributed by atoms with van der Waals surface area (Å²) in [4.78, 5) is 14.2. The van der Waals surface area contributed by atoms with Gasteiger partial charge >= 0.3 is 0 Å². The standard InChI is InChI=1S/C16H24N2O2/c1-11-10-18(16(19)13-4-5-13)8-7-15(11)17-9-14-6-3-12(2)20-14/h3,6,11,13,15,17H,4-5,7-10H2,1-2H3/t11-,15-/m0/s1. The summed E-state index contributed by atoms with van der Waals surface area (Å²) in [6.07, 6.45) is 3.24. The average Bonchev–Trinajstić information content (AvgIpc) is 3.20. The van der Waals surface area contributed by atoms with E-state index in [-0.39, 0.29) is 0 Å². The van der Waals surface area contributed by atoms with Gasteiger partial charge in [0.1, 0.15) is 11.5 Å². The van der Waals surface area contributed by atoms with Gasteiger partial charge in [0.25, 0.3) is 0 Å². The fourth-order valence-electron chi connectivity index (χ4n) is 3.05. The maximum absolute atomic E-state index is 12.1. The molecule has 1 N–H and O–H groups in total. The van der Waals surface area contributed by atoms with Crippen LogP contribution in [0.2, 0.25) is 0 Å². The van der Waals surface area contributed by atoms with Crippen LogP contribution in [0.15, 0.2) is 16.5 Å². The van der Waals surface area contributed by atoms with Gasteiger partial charge in [-0.15, -0.1) is 0 Å². The van der Waals surface area contributed by atoms with E-state index in [4.69, 9.17) is 4.42 Å². The number of aryl methyl sites for hydroxylation is 1. The Bertz CT molecular complexity index is 479. The molecule has 0 spiro atoms. The van der Waals surface area contributed by atoms with Crippen molar-refractivity contribution in [1.29, 1.82) is 0 Å². The molecule has 20 heavy (non-hydrogen) atoms. The lowest BCUT2D eigenvalue weighted by molar-refractivity contribution is -0.134. The molecule has 1 aromatic heterocycles. The van der Waals surface area contributed by atoms with Crippen molar-refractivity contribution in [2.45, 2.75) is 45.7 Å². The third-order valence-corrected chi connectivity index (χ3v) is 4.48. The second-order valence-electron chi connectivity index (χ2n) is 6.32. The van der Waals surface area contributed by atoms with Crippen LogP contribution in [0.1, 0.15) is 37.7 Å². The zero-order valence-corrected chi connectivity index (χ0v) is 12.4. The minimum absolute atomic E-state index is 0.345.